The van der Waals surface area contributed by atoms with Crippen molar-refractivity contribution in [2.24, 2.45) is 0 Å². The Bertz CT molecular complexity index is 1030. The van der Waals surface area contributed by atoms with E-state index in [2.05, 4.69) is 25.7 Å². The van der Waals surface area contributed by atoms with Crippen LogP contribution in [0.2, 0.25) is 0 Å². The summed E-state index contributed by atoms with van der Waals surface area (Å²) in [6.45, 7) is 2.15. The first kappa shape index (κ1) is 21.3. The Kier molecular flexibility index (Phi) is 6.59. The van der Waals surface area contributed by atoms with Crippen molar-refractivity contribution >= 4 is 17.9 Å². The highest BCUT2D eigenvalue weighted by Crippen LogP contribution is 2.18. The Morgan fingerprint density at radius 2 is 1.66 bits per heavy atom. The monoisotopic (exact) mass is 435 g/mol. The Balaban J connectivity index is 1.43. The lowest BCUT2D eigenvalue weighted by Gasteiger charge is -2.36. The molecule has 1 N–H and O–H groups in total. The normalized spacial score (nSPS) is 14.7. The molecule has 3 aromatic rings. The van der Waals surface area contributed by atoms with Gasteiger partial charge in [-0.15, -0.1) is 0 Å². The Morgan fingerprint density at radius 3 is 2.31 bits per heavy atom. The molecule has 1 atom stereocenters. The fraction of sp³-hybridized carbons (Fsp3) is 0.318. The fourth-order valence-corrected chi connectivity index (χ4v) is 3.71. The van der Waals surface area contributed by atoms with E-state index in [0.717, 1.165) is 11.3 Å². The van der Waals surface area contributed by atoms with Crippen molar-refractivity contribution in [1.82, 2.24) is 30.4 Å². The maximum absolute atomic E-state index is 13.2. The molecule has 1 saturated heterocycles. The third-order valence-corrected chi connectivity index (χ3v) is 5.39. The van der Waals surface area contributed by atoms with Crippen molar-refractivity contribution in [1.29, 1.82) is 0 Å². The highest BCUT2D eigenvalue weighted by molar-refractivity contribution is 5.86. The topological polar surface area (TPSA) is 105 Å². The zero-order valence-electron chi connectivity index (χ0n) is 17.8. The van der Waals surface area contributed by atoms with Crippen molar-refractivity contribution in [3.8, 4) is 5.69 Å². The van der Waals surface area contributed by atoms with Gasteiger partial charge < -0.3 is 19.9 Å². The summed E-state index contributed by atoms with van der Waals surface area (Å²) in [5.74, 6) is 0.498. The lowest BCUT2D eigenvalue weighted by Crippen LogP contribution is -2.56. The summed E-state index contributed by atoms with van der Waals surface area (Å²) in [5.41, 5.74) is 1.83. The molecule has 0 bridgehead atoms. The number of hydrogen-bond acceptors (Lipinski definition) is 7. The van der Waals surface area contributed by atoms with E-state index in [1.807, 2.05) is 60.7 Å². The largest absolute Gasteiger partial charge is 0.453 e. The number of anilines is 1. The number of nitrogens with one attached hydrogen (secondary N) is 1. The zero-order valence-corrected chi connectivity index (χ0v) is 17.8. The van der Waals surface area contributed by atoms with Crippen LogP contribution in [0.3, 0.4) is 0 Å². The molecule has 10 heteroatoms. The number of nitrogens with zero attached hydrogens (tertiary/aromatic N) is 6. The lowest BCUT2D eigenvalue weighted by molar-refractivity contribution is -0.133. The molecular weight excluding hydrogens is 410 g/mol. The number of para-hydroxylation sites is 1. The van der Waals surface area contributed by atoms with Gasteiger partial charge in [0.1, 0.15) is 6.04 Å². The van der Waals surface area contributed by atoms with E-state index >= 15 is 0 Å². The quantitative estimate of drug-likeness (QED) is 0.622. The second-order valence-electron chi connectivity index (χ2n) is 7.42. The van der Waals surface area contributed by atoms with Gasteiger partial charge in [-0.2, -0.15) is 4.68 Å². The standard InChI is InChI=1S/C22H25N7O3/c1-32-22(31)23-19(16-17-8-4-2-5-9-17)20(30)27-12-14-28(15-13-27)21-24-25-26-29(21)18-10-6-3-7-11-18/h2-11,19H,12-16H2,1H3,(H,23,31). The van der Waals surface area contributed by atoms with Crippen LogP contribution in [0.25, 0.3) is 5.69 Å². The summed E-state index contributed by atoms with van der Waals surface area (Å²) in [5, 5.41) is 14.8. The van der Waals surface area contributed by atoms with E-state index < -0.39 is 12.1 Å². The number of carbonyl (C=O) groups excluding carboxylic acids is 2. The third-order valence-electron chi connectivity index (χ3n) is 5.39. The van der Waals surface area contributed by atoms with Crippen LogP contribution in [0.5, 0.6) is 0 Å². The first-order valence-corrected chi connectivity index (χ1v) is 10.4. The highest BCUT2D eigenvalue weighted by Gasteiger charge is 2.30. The van der Waals surface area contributed by atoms with Crippen LogP contribution >= 0.6 is 0 Å². The van der Waals surface area contributed by atoms with Gasteiger partial charge in [-0.3, -0.25) is 4.79 Å². The maximum atomic E-state index is 13.2. The minimum Gasteiger partial charge on any atom is -0.453 e. The molecule has 32 heavy (non-hydrogen) atoms. The summed E-state index contributed by atoms with van der Waals surface area (Å²) in [4.78, 5) is 28.9. The Morgan fingerprint density at radius 1 is 1.00 bits per heavy atom. The minimum atomic E-state index is -0.703. The molecule has 1 fully saturated rings. The van der Waals surface area contributed by atoms with Crippen LogP contribution in [0, 0.1) is 0 Å². The molecule has 2 aromatic carbocycles. The molecule has 0 saturated carbocycles. The van der Waals surface area contributed by atoms with E-state index in [9.17, 15) is 9.59 Å². The molecule has 2 amide bonds. The van der Waals surface area contributed by atoms with Crippen molar-refractivity contribution in [3.63, 3.8) is 0 Å². The van der Waals surface area contributed by atoms with Crippen molar-refractivity contribution < 1.29 is 14.3 Å². The predicted molar refractivity (Wildman–Crippen MR) is 117 cm³/mol. The number of aromatic nitrogens is 4. The summed E-state index contributed by atoms with van der Waals surface area (Å²) in [6.07, 6.45) is -0.235. The van der Waals surface area contributed by atoms with E-state index in [1.165, 1.54) is 7.11 Å². The van der Waals surface area contributed by atoms with Gasteiger partial charge in [0.25, 0.3) is 0 Å². The number of ether oxygens (including phenoxy) is 1. The number of methoxy groups -OCH3 is 1. The van der Waals surface area contributed by atoms with Crippen LogP contribution in [-0.4, -0.2) is 76.4 Å². The molecule has 10 nitrogen and oxygen atoms in total. The van der Waals surface area contributed by atoms with Crippen LogP contribution < -0.4 is 10.2 Å². The molecule has 0 aliphatic carbocycles. The van der Waals surface area contributed by atoms with Crippen molar-refractivity contribution in [2.45, 2.75) is 12.5 Å². The minimum absolute atomic E-state index is 0.137. The average Bonchev–Trinajstić information content (AvgIpc) is 3.34. The lowest BCUT2D eigenvalue weighted by atomic mass is 10.0. The van der Waals surface area contributed by atoms with Gasteiger partial charge in [-0.05, 0) is 28.1 Å². The second-order valence-corrected chi connectivity index (χ2v) is 7.42. The van der Waals surface area contributed by atoms with E-state index in [4.69, 9.17) is 4.74 Å². The molecule has 166 valence electrons. The number of hydrogen-bond donors (Lipinski definition) is 1. The summed E-state index contributed by atoms with van der Waals surface area (Å²) in [6, 6.07) is 18.6. The molecule has 1 unspecified atom stereocenters. The summed E-state index contributed by atoms with van der Waals surface area (Å²) >= 11 is 0. The van der Waals surface area contributed by atoms with Crippen molar-refractivity contribution in [3.05, 3.63) is 66.2 Å². The van der Waals surface area contributed by atoms with Gasteiger partial charge >= 0.3 is 6.09 Å². The molecule has 4 rings (SSSR count). The third kappa shape index (κ3) is 4.85. The maximum Gasteiger partial charge on any atom is 0.407 e. The average molecular weight is 435 g/mol. The molecule has 2 heterocycles. The van der Waals surface area contributed by atoms with Gasteiger partial charge in [0.15, 0.2) is 0 Å². The Hall–Kier alpha value is -3.95. The molecular formula is C22H25N7O3. The van der Waals surface area contributed by atoms with Gasteiger partial charge in [0.2, 0.25) is 11.9 Å². The second kappa shape index (κ2) is 9.90. The number of alkyl carbamates (subject to hydrolysis) is 1. The number of benzene rings is 2. The molecule has 1 aromatic heterocycles. The first-order chi connectivity index (χ1) is 15.7. The van der Waals surface area contributed by atoms with Gasteiger partial charge in [-0.1, -0.05) is 53.6 Å². The summed E-state index contributed by atoms with van der Waals surface area (Å²) < 4.78 is 6.41. The predicted octanol–water partition coefficient (Wildman–Crippen LogP) is 1.28. The molecule has 1 aliphatic heterocycles. The van der Waals surface area contributed by atoms with Gasteiger partial charge in [0.05, 0.1) is 12.8 Å². The smallest absolute Gasteiger partial charge is 0.407 e. The number of piperazine rings is 1. The fourth-order valence-electron chi connectivity index (χ4n) is 3.71. The first-order valence-electron chi connectivity index (χ1n) is 10.4. The zero-order chi connectivity index (χ0) is 22.3. The number of tetrazole rings is 1. The van der Waals surface area contributed by atoms with Gasteiger partial charge in [-0.25, -0.2) is 4.79 Å². The summed E-state index contributed by atoms with van der Waals surface area (Å²) in [7, 11) is 1.29. The number of rotatable bonds is 6. The van der Waals surface area contributed by atoms with Crippen molar-refractivity contribution in [2.75, 3.05) is 38.2 Å². The van der Waals surface area contributed by atoms with Crippen LogP contribution in [0.4, 0.5) is 10.7 Å². The Labute approximate surface area is 185 Å². The number of amides is 2. The molecule has 0 radical (unpaired) electrons. The van der Waals surface area contributed by atoms with E-state index in [1.54, 1.807) is 9.58 Å². The SMILES string of the molecule is COC(=O)NC(Cc1ccccc1)C(=O)N1CCN(c2nnnn2-c2ccccc2)CC1. The number of carbonyl (C=O) groups is 2. The van der Waals surface area contributed by atoms with Crippen LogP contribution in [0.15, 0.2) is 60.7 Å². The van der Waals surface area contributed by atoms with E-state index in [-0.39, 0.29) is 5.91 Å². The van der Waals surface area contributed by atoms with Crippen LogP contribution in [-0.2, 0) is 16.0 Å². The van der Waals surface area contributed by atoms with Gasteiger partial charge in [0, 0.05) is 32.6 Å². The highest BCUT2D eigenvalue weighted by atomic mass is 16.5. The van der Waals surface area contributed by atoms with E-state index in [0.29, 0.717) is 38.5 Å². The molecule has 0 spiro atoms. The molecule has 1 aliphatic rings. The van der Waals surface area contributed by atoms with Crippen LogP contribution in [0.1, 0.15) is 5.56 Å².